The molecule has 0 bridgehead atoms. The summed E-state index contributed by atoms with van der Waals surface area (Å²) in [4.78, 5) is 18.3. The molecule has 1 aliphatic rings. The highest BCUT2D eigenvalue weighted by atomic mass is 35.5. The van der Waals surface area contributed by atoms with Crippen molar-refractivity contribution in [2.24, 2.45) is 4.99 Å². The van der Waals surface area contributed by atoms with Crippen LogP contribution in [0, 0.1) is 0 Å². The van der Waals surface area contributed by atoms with Crippen molar-refractivity contribution in [2.45, 2.75) is 6.42 Å². The SMILES string of the molecule is CN(C)c1ccc(/C=C2/N=C(Cc3ccc(Cl)cc3)OC2=O)cc1. The standard InChI is InChI=1S/C19H17ClN2O2/c1-22(2)16-9-5-13(6-10-16)11-17-19(23)24-18(21-17)12-14-3-7-15(20)8-4-14/h3-11H,12H2,1-2H3/b17-11+. The number of hydrogen-bond donors (Lipinski definition) is 0. The Morgan fingerprint density at radius 2 is 1.75 bits per heavy atom. The summed E-state index contributed by atoms with van der Waals surface area (Å²) < 4.78 is 5.24. The third-order valence-electron chi connectivity index (χ3n) is 3.65. The first-order chi connectivity index (χ1) is 11.5. The van der Waals surface area contributed by atoms with Crippen LogP contribution in [0.2, 0.25) is 5.02 Å². The maximum absolute atomic E-state index is 12.0. The van der Waals surface area contributed by atoms with E-state index in [4.69, 9.17) is 16.3 Å². The molecule has 0 N–H and O–H groups in total. The van der Waals surface area contributed by atoms with E-state index < -0.39 is 5.97 Å². The molecule has 1 heterocycles. The third kappa shape index (κ3) is 3.84. The number of esters is 1. The summed E-state index contributed by atoms with van der Waals surface area (Å²) in [5.41, 5.74) is 3.31. The molecule has 24 heavy (non-hydrogen) atoms. The average Bonchev–Trinajstić information content (AvgIpc) is 2.89. The van der Waals surface area contributed by atoms with E-state index in [2.05, 4.69) is 4.99 Å². The summed E-state index contributed by atoms with van der Waals surface area (Å²) in [5.74, 6) is -0.0193. The number of carbonyl (C=O) groups is 1. The maximum Gasteiger partial charge on any atom is 0.363 e. The number of nitrogens with zero attached hydrogens (tertiary/aromatic N) is 2. The van der Waals surface area contributed by atoms with E-state index in [1.54, 1.807) is 18.2 Å². The fourth-order valence-electron chi connectivity index (χ4n) is 2.33. The first-order valence-electron chi connectivity index (χ1n) is 7.54. The molecule has 0 saturated carbocycles. The van der Waals surface area contributed by atoms with Crippen LogP contribution in [-0.4, -0.2) is 26.0 Å². The fraction of sp³-hybridized carbons (Fsp3) is 0.158. The van der Waals surface area contributed by atoms with Gasteiger partial charge in [-0.15, -0.1) is 0 Å². The largest absolute Gasteiger partial charge is 0.406 e. The molecule has 0 spiro atoms. The topological polar surface area (TPSA) is 41.9 Å². The van der Waals surface area contributed by atoms with Gasteiger partial charge in [-0.3, -0.25) is 0 Å². The zero-order valence-electron chi connectivity index (χ0n) is 13.5. The van der Waals surface area contributed by atoms with Crippen LogP contribution in [0.25, 0.3) is 6.08 Å². The third-order valence-corrected chi connectivity index (χ3v) is 3.90. The number of carbonyl (C=O) groups excluding carboxylic acids is 1. The van der Waals surface area contributed by atoms with Crippen LogP contribution < -0.4 is 4.90 Å². The second-order valence-corrected chi connectivity index (χ2v) is 6.15. The lowest BCUT2D eigenvalue weighted by Gasteiger charge is -2.11. The van der Waals surface area contributed by atoms with Crippen molar-refractivity contribution in [1.29, 1.82) is 0 Å². The summed E-state index contributed by atoms with van der Waals surface area (Å²) in [5, 5.41) is 0.672. The Balaban J connectivity index is 1.76. The van der Waals surface area contributed by atoms with Gasteiger partial charge in [0.05, 0.1) is 0 Å². The summed E-state index contributed by atoms with van der Waals surface area (Å²) in [6.45, 7) is 0. The predicted molar refractivity (Wildman–Crippen MR) is 97.4 cm³/mol. The molecule has 0 radical (unpaired) electrons. The van der Waals surface area contributed by atoms with Gasteiger partial charge in [0, 0.05) is 31.2 Å². The summed E-state index contributed by atoms with van der Waals surface area (Å²) in [7, 11) is 3.96. The number of benzene rings is 2. The van der Waals surface area contributed by atoms with Crippen molar-refractivity contribution >= 4 is 35.2 Å². The van der Waals surface area contributed by atoms with Crippen molar-refractivity contribution in [3.8, 4) is 0 Å². The number of cyclic esters (lactones) is 1. The molecular formula is C19H17ClN2O2. The Bertz CT molecular complexity index is 806. The van der Waals surface area contributed by atoms with Crippen LogP contribution in [0.3, 0.4) is 0 Å². The van der Waals surface area contributed by atoms with Gasteiger partial charge in [-0.2, -0.15) is 0 Å². The van der Waals surface area contributed by atoms with E-state index in [9.17, 15) is 4.79 Å². The number of hydrogen-bond acceptors (Lipinski definition) is 4. The molecule has 3 rings (SSSR count). The Morgan fingerprint density at radius 1 is 1.08 bits per heavy atom. The van der Waals surface area contributed by atoms with E-state index >= 15 is 0 Å². The lowest BCUT2D eigenvalue weighted by molar-refractivity contribution is -0.130. The lowest BCUT2D eigenvalue weighted by Crippen LogP contribution is -2.08. The van der Waals surface area contributed by atoms with E-state index in [-0.39, 0.29) is 0 Å². The van der Waals surface area contributed by atoms with Crippen molar-refractivity contribution in [3.05, 3.63) is 70.4 Å². The van der Waals surface area contributed by atoms with E-state index in [1.165, 1.54) is 0 Å². The van der Waals surface area contributed by atoms with Crippen molar-refractivity contribution in [3.63, 3.8) is 0 Å². The van der Waals surface area contributed by atoms with Gasteiger partial charge < -0.3 is 9.64 Å². The minimum atomic E-state index is -0.421. The second-order valence-electron chi connectivity index (χ2n) is 5.71. The highest BCUT2D eigenvalue weighted by Crippen LogP contribution is 2.20. The normalized spacial score (nSPS) is 15.4. The van der Waals surface area contributed by atoms with Gasteiger partial charge in [0.25, 0.3) is 0 Å². The van der Waals surface area contributed by atoms with Crippen LogP contribution in [0.1, 0.15) is 11.1 Å². The van der Waals surface area contributed by atoms with Gasteiger partial charge in [-0.05, 0) is 41.5 Å². The maximum atomic E-state index is 12.0. The number of ether oxygens (including phenoxy) is 1. The Labute approximate surface area is 146 Å². The molecule has 0 saturated heterocycles. The first kappa shape index (κ1) is 16.3. The minimum absolute atomic E-state index is 0.316. The van der Waals surface area contributed by atoms with Crippen LogP contribution in [0.15, 0.2) is 59.2 Å². The van der Waals surface area contributed by atoms with Crippen molar-refractivity contribution in [1.82, 2.24) is 0 Å². The van der Waals surface area contributed by atoms with E-state index in [0.717, 1.165) is 16.8 Å². The number of halogens is 1. The highest BCUT2D eigenvalue weighted by Gasteiger charge is 2.22. The smallest absolute Gasteiger partial charge is 0.363 e. The highest BCUT2D eigenvalue weighted by molar-refractivity contribution is 6.30. The molecule has 0 aromatic heterocycles. The summed E-state index contributed by atoms with van der Waals surface area (Å²) >= 11 is 5.87. The van der Waals surface area contributed by atoms with Gasteiger partial charge >= 0.3 is 5.97 Å². The van der Waals surface area contributed by atoms with Gasteiger partial charge in [0.2, 0.25) is 5.90 Å². The molecule has 5 heteroatoms. The predicted octanol–water partition coefficient (Wildman–Crippen LogP) is 3.94. The van der Waals surface area contributed by atoms with Gasteiger partial charge in [0.15, 0.2) is 5.70 Å². The van der Waals surface area contributed by atoms with Crippen LogP contribution in [0.4, 0.5) is 5.69 Å². The molecule has 122 valence electrons. The lowest BCUT2D eigenvalue weighted by atomic mass is 10.1. The molecule has 0 unspecified atom stereocenters. The Kier molecular flexibility index (Phi) is 4.67. The first-order valence-corrected chi connectivity index (χ1v) is 7.92. The molecule has 4 nitrogen and oxygen atoms in total. The molecule has 0 fully saturated rings. The fourth-order valence-corrected chi connectivity index (χ4v) is 2.46. The zero-order valence-corrected chi connectivity index (χ0v) is 14.2. The number of anilines is 1. The Morgan fingerprint density at radius 3 is 2.38 bits per heavy atom. The van der Waals surface area contributed by atoms with Gasteiger partial charge in [-0.1, -0.05) is 35.9 Å². The van der Waals surface area contributed by atoms with Crippen LogP contribution >= 0.6 is 11.6 Å². The zero-order chi connectivity index (χ0) is 17.1. The molecule has 1 aliphatic heterocycles. The molecule has 0 aliphatic carbocycles. The summed E-state index contributed by atoms with van der Waals surface area (Å²) in [6.07, 6.45) is 2.19. The van der Waals surface area contributed by atoms with Crippen molar-refractivity contribution < 1.29 is 9.53 Å². The van der Waals surface area contributed by atoms with Crippen LogP contribution in [-0.2, 0) is 16.0 Å². The van der Waals surface area contributed by atoms with Crippen molar-refractivity contribution in [2.75, 3.05) is 19.0 Å². The monoisotopic (exact) mass is 340 g/mol. The minimum Gasteiger partial charge on any atom is -0.406 e. The average molecular weight is 341 g/mol. The van der Waals surface area contributed by atoms with Crippen LogP contribution in [0.5, 0.6) is 0 Å². The quantitative estimate of drug-likeness (QED) is 0.625. The molecular weight excluding hydrogens is 324 g/mol. The second kappa shape index (κ2) is 6.89. The molecule has 0 atom stereocenters. The van der Waals surface area contributed by atoms with E-state index in [0.29, 0.717) is 23.0 Å². The van der Waals surface area contributed by atoms with Gasteiger partial charge in [0.1, 0.15) is 0 Å². The molecule has 0 amide bonds. The molecule has 2 aromatic rings. The Hall–Kier alpha value is -2.59. The summed E-state index contributed by atoms with van der Waals surface area (Å²) in [6, 6.07) is 15.3. The van der Waals surface area contributed by atoms with Gasteiger partial charge in [-0.25, -0.2) is 9.79 Å². The number of rotatable bonds is 4. The number of aliphatic imine (C=N–C) groups is 1. The van der Waals surface area contributed by atoms with E-state index in [1.807, 2.05) is 55.4 Å². The molecule has 2 aromatic carbocycles.